The van der Waals surface area contributed by atoms with Crippen molar-refractivity contribution >= 4 is 16.1 Å². The van der Waals surface area contributed by atoms with E-state index in [1.807, 2.05) is 0 Å². The molecular formula is C13H24N2O5S. The summed E-state index contributed by atoms with van der Waals surface area (Å²) in [4.78, 5) is 15.1. The van der Waals surface area contributed by atoms with Crippen molar-refractivity contribution in [2.24, 2.45) is 0 Å². The van der Waals surface area contributed by atoms with Crippen LogP contribution in [0.3, 0.4) is 0 Å². The van der Waals surface area contributed by atoms with Gasteiger partial charge in [0.1, 0.15) is 0 Å². The maximum Gasteiger partial charge on any atom is 0.333 e. The van der Waals surface area contributed by atoms with E-state index in [2.05, 4.69) is 47.5 Å². The molecular weight excluding hydrogens is 296 g/mol. The van der Waals surface area contributed by atoms with Gasteiger partial charge in [-0.15, -0.1) is 0 Å². The molecule has 1 aliphatic heterocycles. The second-order valence-electron chi connectivity index (χ2n) is 4.66. The molecule has 0 saturated carbocycles. The maximum atomic E-state index is 10.7. The first-order valence-electron chi connectivity index (χ1n) is 6.56. The fourth-order valence-corrected chi connectivity index (χ4v) is 1.81. The SMILES string of the molecule is C=C(C)C(=O)OCCCS(=O)(=O)O.CCN1C=CN(C)C1. The molecule has 0 saturated heterocycles. The highest BCUT2D eigenvalue weighted by Crippen LogP contribution is 2.00. The zero-order valence-electron chi connectivity index (χ0n) is 12.8. The topological polar surface area (TPSA) is 87.1 Å². The van der Waals surface area contributed by atoms with Gasteiger partial charge >= 0.3 is 5.97 Å². The lowest BCUT2D eigenvalue weighted by atomic mass is 10.4. The molecule has 122 valence electrons. The Labute approximate surface area is 126 Å². The lowest BCUT2D eigenvalue weighted by Gasteiger charge is -2.14. The van der Waals surface area contributed by atoms with Crippen LogP contribution >= 0.6 is 0 Å². The molecule has 0 amide bonds. The number of carbonyl (C=O) groups is 1. The van der Waals surface area contributed by atoms with Crippen LogP contribution in [-0.2, 0) is 19.6 Å². The van der Waals surface area contributed by atoms with Gasteiger partial charge in [0.05, 0.1) is 19.0 Å². The molecule has 0 unspecified atom stereocenters. The average Bonchev–Trinajstić information content (AvgIpc) is 2.80. The van der Waals surface area contributed by atoms with Gasteiger partial charge in [-0.3, -0.25) is 4.55 Å². The summed E-state index contributed by atoms with van der Waals surface area (Å²) in [6, 6.07) is 0. The first-order valence-corrected chi connectivity index (χ1v) is 8.17. The molecule has 1 rings (SSSR count). The van der Waals surface area contributed by atoms with Crippen molar-refractivity contribution < 1.29 is 22.5 Å². The molecule has 0 atom stereocenters. The molecule has 0 spiro atoms. The Kier molecular flexibility index (Phi) is 8.72. The Bertz CT molecular complexity index is 473. The normalized spacial score (nSPS) is 13.7. The molecule has 1 heterocycles. The Morgan fingerprint density at radius 1 is 1.43 bits per heavy atom. The quantitative estimate of drug-likeness (QED) is 0.339. The molecule has 0 aliphatic carbocycles. The van der Waals surface area contributed by atoms with Crippen LogP contribution in [0.2, 0.25) is 0 Å². The molecule has 0 radical (unpaired) electrons. The van der Waals surface area contributed by atoms with E-state index in [1.165, 1.54) is 6.92 Å². The third-order valence-corrected chi connectivity index (χ3v) is 3.28. The van der Waals surface area contributed by atoms with Crippen molar-refractivity contribution in [3.8, 4) is 0 Å². The predicted octanol–water partition coefficient (Wildman–Crippen LogP) is 1.07. The highest BCUT2D eigenvalue weighted by molar-refractivity contribution is 7.85. The van der Waals surface area contributed by atoms with E-state index < -0.39 is 21.8 Å². The number of esters is 1. The largest absolute Gasteiger partial charge is 0.462 e. The Morgan fingerprint density at radius 2 is 2.05 bits per heavy atom. The smallest absolute Gasteiger partial charge is 0.333 e. The van der Waals surface area contributed by atoms with Crippen molar-refractivity contribution in [2.75, 3.05) is 32.6 Å². The fraction of sp³-hybridized carbons (Fsp3) is 0.615. The lowest BCUT2D eigenvalue weighted by Crippen LogP contribution is -2.21. The van der Waals surface area contributed by atoms with E-state index in [1.54, 1.807) is 0 Å². The highest BCUT2D eigenvalue weighted by Gasteiger charge is 2.06. The summed E-state index contributed by atoms with van der Waals surface area (Å²) in [6.07, 6.45) is 4.28. The standard InChI is InChI=1S/C7H12O5S.C6H12N2/c1-6(2)7(8)12-4-3-5-13(9,10)11;1-3-8-5-4-7(2)6-8/h1,3-5H2,2H3,(H,9,10,11);4-5H,3,6H2,1-2H3. The van der Waals surface area contributed by atoms with Crippen molar-refractivity contribution in [1.29, 1.82) is 0 Å². The molecule has 21 heavy (non-hydrogen) atoms. The predicted molar refractivity (Wildman–Crippen MR) is 81.0 cm³/mol. The van der Waals surface area contributed by atoms with Crippen LogP contribution in [0.5, 0.6) is 0 Å². The first-order chi connectivity index (χ1) is 9.65. The fourth-order valence-electron chi connectivity index (χ4n) is 1.32. The van der Waals surface area contributed by atoms with Gasteiger partial charge in [-0.05, 0) is 20.3 Å². The Balaban J connectivity index is 0.000000423. The molecule has 0 bridgehead atoms. The van der Waals surface area contributed by atoms with Crippen molar-refractivity contribution in [3.63, 3.8) is 0 Å². The minimum absolute atomic E-state index is 0.0362. The average molecular weight is 320 g/mol. The number of rotatable bonds is 6. The van der Waals surface area contributed by atoms with Crippen LogP contribution in [0.15, 0.2) is 24.6 Å². The molecule has 0 aromatic heterocycles. The van der Waals surface area contributed by atoms with Gasteiger partial charge in [-0.25, -0.2) is 4.79 Å². The first kappa shape index (κ1) is 19.5. The zero-order chi connectivity index (χ0) is 16.5. The van der Waals surface area contributed by atoms with E-state index in [-0.39, 0.29) is 18.6 Å². The maximum absolute atomic E-state index is 10.7. The molecule has 1 N–H and O–H groups in total. The number of carbonyl (C=O) groups excluding carboxylic acids is 1. The van der Waals surface area contributed by atoms with E-state index in [4.69, 9.17) is 4.55 Å². The second-order valence-corrected chi connectivity index (χ2v) is 6.23. The summed E-state index contributed by atoms with van der Waals surface area (Å²) in [7, 11) is -1.88. The van der Waals surface area contributed by atoms with Crippen molar-refractivity contribution in [2.45, 2.75) is 20.3 Å². The van der Waals surface area contributed by atoms with Crippen LogP contribution < -0.4 is 0 Å². The van der Waals surface area contributed by atoms with Crippen LogP contribution in [0.4, 0.5) is 0 Å². The van der Waals surface area contributed by atoms with Crippen molar-refractivity contribution in [1.82, 2.24) is 9.80 Å². The third kappa shape index (κ3) is 10.9. The summed E-state index contributed by atoms with van der Waals surface area (Å²) in [5.41, 5.74) is 0.256. The van der Waals surface area contributed by atoms with Gasteiger partial charge in [0.2, 0.25) is 0 Å². The van der Waals surface area contributed by atoms with Gasteiger partial charge in [0, 0.05) is 31.6 Å². The summed E-state index contributed by atoms with van der Waals surface area (Å²) >= 11 is 0. The lowest BCUT2D eigenvalue weighted by molar-refractivity contribution is -0.138. The molecule has 8 heteroatoms. The van der Waals surface area contributed by atoms with E-state index in [0.29, 0.717) is 0 Å². The van der Waals surface area contributed by atoms with E-state index >= 15 is 0 Å². The minimum atomic E-state index is -3.96. The van der Waals surface area contributed by atoms with E-state index in [0.717, 1.165) is 13.2 Å². The van der Waals surface area contributed by atoms with Crippen LogP contribution in [-0.4, -0.2) is 61.4 Å². The van der Waals surface area contributed by atoms with Gasteiger partial charge in [0.15, 0.2) is 0 Å². The van der Waals surface area contributed by atoms with Gasteiger partial charge in [-0.1, -0.05) is 6.58 Å². The number of hydrogen-bond donors (Lipinski definition) is 1. The van der Waals surface area contributed by atoms with Crippen LogP contribution in [0, 0.1) is 0 Å². The van der Waals surface area contributed by atoms with Crippen LogP contribution in [0.1, 0.15) is 20.3 Å². The second kappa shape index (κ2) is 9.41. The van der Waals surface area contributed by atoms with Crippen LogP contribution in [0.25, 0.3) is 0 Å². The Morgan fingerprint density at radius 3 is 2.38 bits per heavy atom. The molecule has 7 nitrogen and oxygen atoms in total. The number of hydrogen-bond acceptors (Lipinski definition) is 6. The summed E-state index contributed by atoms with van der Waals surface area (Å²) in [6.45, 7) is 9.12. The zero-order valence-corrected chi connectivity index (χ0v) is 13.6. The number of nitrogens with zero attached hydrogens (tertiary/aromatic N) is 2. The Hall–Kier alpha value is -1.54. The molecule has 1 aliphatic rings. The van der Waals surface area contributed by atoms with Gasteiger partial charge in [0.25, 0.3) is 10.1 Å². The molecule has 0 aromatic rings. The monoisotopic (exact) mass is 320 g/mol. The number of ether oxygens (including phenoxy) is 1. The van der Waals surface area contributed by atoms with Gasteiger partial charge < -0.3 is 14.5 Å². The highest BCUT2D eigenvalue weighted by atomic mass is 32.2. The molecule has 0 fully saturated rings. The molecule has 0 aromatic carbocycles. The van der Waals surface area contributed by atoms with E-state index in [9.17, 15) is 13.2 Å². The summed E-state index contributed by atoms with van der Waals surface area (Å²) in [5.74, 6) is -0.966. The minimum Gasteiger partial charge on any atom is -0.462 e. The summed E-state index contributed by atoms with van der Waals surface area (Å²) < 4.78 is 33.3. The van der Waals surface area contributed by atoms with Gasteiger partial charge in [-0.2, -0.15) is 8.42 Å². The third-order valence-electron chi connectivity index (χ3n) is 2.47. The van der Waals surface area contributed by atoms with Crippen molar-refractivity contribution in [3.05, 3.63) is 24.6 Å². The summed E-state index contributed by atoms with van der Waals surface area (Å²) in [5, 5.41) is 0.